The molecule has 142 valence electrons. The number of nitrogens with one attached hydrogen (secondary N) is 1. The molecule has 0 radical (unpaired) electrons. The topological polar surface area (TPSA) is 99.2 Å². The summed E-state index contributed by atoms with van der Waals surface area (Å²) in [6, 6.07) is 14.4. The van der Waals surface area contributed by atoms with E-state index in [-0.39, 0.29) is 17.4 Å². The third kappa shape index (κ3) is 3.51. The molecule has 2 N–H and O–H groups in total. The van der Waals surface area contributed by atoms with E-state index in [4.69, 9.17) is 0 Å². The van der Waals surface area contributed by atoms with E-state index in [2.05, 4.69) is 15.2 Å². The van der Waals surface area contributed by atoms with Gasteiger partial charge in [-0.25, -0.2) is 9.78 Å². The molecular formula is C21H20N4O3. The molecule has 1 atom stereocenters. The van der Waals surface area contributed by atoms with Crippen molar-refractivity contribution in [1.82, 2.24) is 20.1 Å². The summed E-state index contributed by atoms with van der Waals surface area (Å²) >= 11 is 0. The lowest BCUT2D eigenvalue weighted by atomic mass is 9.89. The van der Waals surface area contributed by atoms with Gasteiger partial charge in [0.15, 0.2) is 5.82 Å². The molecule has 0 unspecified atom stereocenters. The standard InChI is InChI=1S/C21H20N4O3/c26-20(18-9-2-1-8-17(18)19-22-13-23-24-19)25-10-4-7-16(12-25)14-5-3-6-15(11-14)21(27)28/h1-3,5-6,8-9,11,13,16H,4,7,10,12H2,(H,27,28)(H,22,23,24)/t16-/m0/s1. The number of carbonyl (C=O) groups excluding carboxylic acids is 1. The normalized spacial score (nSPS) is 16.7. The molecule has 28 heavy (non-hydrogen) atoms. The van der Waals surface area contributed by atoms with E-state index < -0.39 is 5.97 Å². The Kier molecular flexibility index (Phi) is 4.89. The summed E-state index contributed by atoms with van der Waals surface area (Å²) in [5.74, 6) is -0.307. The van der Waals surface area contributed by atoms with Gasteiger partial charge in [-0.05, 0) is 36.6 Å². The molecule has 1 fully saturated rings. The molecule has 3 aromatic rings. The van der Waals surface area contributed by atoms with Gasteiger partial charge in [0.05, 0.1) is 11.1 Å². The molecule has 0 saturated carbocycles. The molecule has 0 bridgehead atoms. The first kappa shape index (κ1) is 17.9. The summed E-state index contributed by atoms with van der Waals surface area (Å²) < 4.78 is 0. The van der Waals surface area contributed by atoms with Crippen molar-refractivity contribution in [2.24, 2.45) is 0 Å². The van der Waals surface area contributed by atoms with E-state index in [1.54, 1.807) is 24.3 Å². The smallest absolute Gasteiger partial charge is 0.335 e. The van der Waals surface area contributed by atoms with Crippen molar-refractivity contribution in [2.45, 2.75) is 18.8 Å². The van der Waals surface area contributed by atoms with Gasteiger partial charge >= 0.3 is 5.97 Å². The molecule has 7 nitrogen and oxygen atoms in total. The minimum Gasteiger partial charge on any atom is -0.478 e. The van der Waals surface area contributed by atoms with Crippen LogP contribution >= 0.6 is 0 Å². The maximum Gasteiger partial charge on any atom is 0.335 e. The van der Waals surface area contributed by atoms with E-state index in [0.29, 0.717) is 24.5 Å². The van der Waals surface area contributed by atoms with Crippen molar-refractivity contribution < 1.29 is 14.7 Å². The molecule has 2 aromatic carbocycles. The van der Waals surface area contributed by atoms with Crippen LogP contribution in [0.3, 0.4) is 0 Å². The van der Waals surface area contributed by atoms with Crippen LogP contribution in [0.2, 0.25) is 0 Å². The van der Waals surface area contributed by atoms with Gasteiger partial charge in [0.1, 0.15) is 6.33 Å². The van der Waals surface area contributed by atoms with E-state index in [1.807, 2.05) is 29.2 Å². The molecule has 1 amide bonds. The fourth-order valence-corrected chi connectivity index (χ4v) is 3.74. The summed E-state index contributed by atoms with van der Waals surface area (Å²) in [6.07, 6.45) is 3.22. The third-order valence-electron chi connectivity index (χ3n) is 5.14. The van der Waals surface area contributed by atoms with Crippen molar-refractivity contribution in [3.63, 3.8) is 0 Å². The van der Waals surface area contributed by atoms with Gasteiger partial charge in [-0.2, -0.15) is 5.10 Å². The quantitative estimate of drug-likeness (QED) is 0.728. The molecule has 1 aliphatic heterocycles. The van der Waals surface area contributed by atoms with Crippen molar-refractivity contribution in [3.05, 3.63) is 71.5 Å². The Balaban J connectivity index is 1.58. The minimum absolute atomic E-state index is 0.0499. The molecule has 1 saturated heterocycles. The highest BCUT2D eigenvalue weighted by Crippen LogP contribution is 2.30. The van der Waals surface area contributed by atoms with Gasteiger partial charge in [-0.1, -0.05) is 30.3 Å². The second kappa shape index (κ2) is 7.64. The summed E-state index contributed by atoms with van der Waals surface area (Å²) in [4.78, 5) is 30.5. The highest BCUT2D eigenvalue weighted by molar-refractivity contribution is 6.00. The maximum absolute atomic E-state index is 13.2. The second-order valence-electron chi connectivity index (χ2n) is 6.90. The van der Waals surface area contributed by atoms with Gasteiger partial charge in [0, 0.05) is 24.6 Å². The summed E-state index contributed by atoms with van der Waals surface area (Å²) in [6.45, 7) is 1.24. The van der Waals surface area contributed by atoms with Crippen LogP contribution in [-0.2, 0) is 0 Å². The Labute approximate surface area is 162 Å². The highest BCUT2D eigenvalue weighted by Gasteiger charge is 2.27. The number of rotatable bonds is 4. The van der Waals surface area contributed by atoms with Crippen LogP contribution in [0.5, 0.6) is 0 Å². The van der Waals surface area contributed by atoms with Crippen molar-refractivity contribution in [1.29, 1.82) is 0 Å². The lowest BCUT2D eigenvalue weighted by Crippen LogP contribution is -2.39. The lowest BCUT2D eigenvalue weighted by Gasteiger charge is -2.33. The molecule has 0 aliphatic carbocycles. The monoisotopic (exact) mass is 376 g/mol. The van der Waals surface area contributed by atoms with Crippen LogP contribution in [0, 0.1) is 0 Å². The zero-order valence-electron chi connectivity index (χ0n) is 15.2. The van der Waals surface area contributed by atoms with Crippen LogP contribution in [0.1, 0.15) is 45.0 Å². The van der Waals surface area contributed by atoms with Crippen LogP contribution in [0.25, 0.3) is 11.4 Å². The fraction of sp³-hybridized carbons (Fsp3) is 0.238. The summed E-state index contributed by atoms with van der Waals surface area (Å²) in [7, 11) is 0. The molecular weight excluding hydrogens is 356 g/mol. The first-order valence-corrected chi connectivity index (χ1v) is 9.21. The SMILES string of the molecule is O=C(O)c1cccc([C@H]2CCCN(C(=O)c3ccccc3-c3ncn[nH]3)C2)c1. The number of H-pyrrole nitrogens is 1. The number of piperidine rings is 1. The van der Waals surface area contributed by atoms with Crippen LogP contribution in [0.15, 0.2) is 54.9 Å². The zero-order chi connectivity index (χ0) is 19.5. The zero-order valence-corrected chi connectivity index (χ0v) is 15.2. The Morgan fingerprint density at radius 3 is 2.79 bits per heavy atom. The lowest BCUT2D eigenvalue weighted by molar-refractivity contribution is 0.0688. The van der Waals surface area contributed by atoms with Gasteiger partial charge in [-0.15, -0.1) is 0 Å². The van der Waals surface area contributed by atoms with E-state index in [9.17, 15) is 14.7 Å². The van der Waals surface area contributed by atoms with Crippen LogP contribution in [-0.4, -0.2) is 50.2 Å². The van der Waals surface area contributed by atoms with Crippen molar-refractivity contribution in [3.8, 4) is 11.4 Å². The predicted octanol–water partition coefficient (Wildman–Crippen LogP) is 3.19. The Morgan fingerprint density at radius 1 is 1.14 bits per heavy atom. The summed E-state index contributed by atoms with van der Waals surface area (Å²) in [5.41, 5.74) is 2.54. The number of amides is 1. The number of hydrogen-bond donors (Lipinski definition) is 2. The average Bonchev–Trinajstić information content (AvgIpc) is 3.28. The van der Waals surface area contributed by atoms with E-state index >= 15 is 0 Å². The van der Waals surface area contributed by atoms with Crippen molar-refractivity contribution >= 4 is 11.9 Å². The number of nitrogens with zero attached hydrogens (tertiary/aromatic N) is 3. The number of carboxylic acids is 1. The van der Waals surface area contributed by atoms with E-state index in [0.717, 1.165) is 24.0 Å². The number of carboxylic acid groups (broad SMARTS) is 1. The number of aromatic amines is 1. The number of likely N-dealkylation sites (tertiary alicyclic amines) is 1. The number of carbonyl (C=O) groups is 2. The maximum atomic E-state index is 13.2. The Morgan fingerprint density at radius 2 is 2.00 bits per heavy atom. The minimum atomic E-state index is -0.938. The molecule has 0 spiro atoms. The molecule has 7 heteroatoms. The molecule has 2 heterocycles. The van der Waals surface area contributed by atoms with Gasteiger partial charge < -0.3 is 10.0 Å². The largest absolute Gasteiger partial charge is 0.478 e. The number of benzene rings is 2. The van der Waals surface area contributed by atoms with E-state index in [1.165, 1.54) is 6.33 Å². The summed E-state index contributed by atoms with van der Waals surface area (Å²) in [5, 5.41) is 15.9. The fourth-order valence-electron chi connectivity index (χ4n) is 3.74. The first-order valence-electron chi connectivity index (χ1n) is 9.21. The molecule has 4 rings (SSSR count). The number of hydrogen-bond acceptors (Lipinski definition) is 4. The molecule has 1 aliphatic rings. The predicted molar refractivity (Wildman–Crippen MR) is 103 cm³/mol. The average molecular weight is 376 g/mol. The van der Waals surface area contributed by atoms with Crippen LogP contribution in [0.4, 0.5) is 0 Å². The third-order valence-corrected chi connectivity index (χ3v) is 5.14. The van der Waals surface area contributed by atoms with Gasteiger partial charge in [0.2, 0.25) is 0 Å². The van der Waals surface area contributed by atoms with Crippen molar-refractivity contribution in [2.75, 3.05) is 13.1 Å². The highest BCUT2D eigenvalue weighted by atomic mass is 16.4. The Bertz CT molecular complexity index is 1000. The van der Waals surface area contributed by atoms with Crippen LogP contribution < -0.4 is 0 Å². The second-order valence-corrected chi connectivity index (χ2v) is 6.90. The number of aromatic nitrogens is 3. The Hall–Kier alpha value is -3.48. The first-order chi connectivity index (χ1) is 13.6. The molecule has 1 aromatic heterocycles. The number of aromatic carboxylic acids is 1. The van der Waals surface area contributed by atoms with Gasteiger partial charge in [-0.3, -0.25) is 9.89 Å². The van der Waals surface area contributed by atoms with Gasteiger partial charge in [0.25, 0.3) is 5.91 Å².